The normalized spacial score (nSPS) is 41.4. The Morgan fingerprint density at radius 2 is 2.05 bits per heavy atom. The van der Waals surface area contributed by atoms with Crippen LogP contribution in [0.3, 0.4) is 0 Å². The maximum absolute atomic E-state index is 13.1. The molecular weight excluding hydrogens is 248 g/mol. The Hall–Kier alpha value is -0.670. The lowest BCUT2D eigenvalue weighted by Crippen LogP contribution is -2.42. The summed E-state index contributed by atoms with van der Waals surface area (Å²) >= 11 is 0. The summed E-state index contributed by atoms with van der Waals surface area (Å²) in [6.07, 6.45) is 5.10. The predicted octanol–water partition coefficient (Wildman–Crippen LogP) is 3.36. The molecule has 0 heterocycles. The molecule has 3 saturated carbocycles. The zero-order valence-corrected chi connectivity index (χ0v) is 11.5. The molecule has 2 bridgehead atoms. The lowest BCUT2D eigenvalue weighted by molar-refractivity contribution is -0.126. The van der Waals surface area contributed by atoms with Gasteiger partial charge in [0.2, 0.25) is 11.8 Å². The molecule has 1 N–H and O–H groups in total. The molecule has 0 aliphatic heterocycles. The Labute approximate surface area is 113 Å². The Morgan fingerprint density at radius 3 is 2.58 bits per heavy atom. The molecule has 19 heavy (non-hydrogen) atoms. The van der Waals surface area contributed by atoms with Gasteiger partial charge in [-0.2, -0.15) is 0 Å². The lowest BCUT2D eigenvalue weighted by Gasteiger charge is -2.29. The first-order valence-corrected chi connectivity index (χ1v) is 7.63. The van der Waals surface area contributed by atoms with Crippen LogP contribution in [0, 0.1) is 23.7 Å². The summed E-state index contributed by atoms with van der Waals surface area (Å²) in [5, 5.41) is 3.01. The highest BCUT2D eigenvalue weighted by Crippen LogP contribution is 2.49. The van der Waals surface area contributed by atoms with Crippen LogP contribution in [0.2, 0.25) is 0 Å². The van der Waals surface area contributed by atoms with Crippen LogP contribution < -0.4 is 5.32 Å². The summed E-state index contributed by atoms with van der Waals surface area (Å²) in [7, 11) is 0. The topological polar surface area (TPSA) is 29.1 Å². The molecule has 1 amide bonds. The van der Waals surface area contributed by atoms with Crippen LogP contribution in [0.4, 0.5) is 8.78 Å². The van der Waals surface area contributed by atoms with Gasteiger partial charge in [-0.15, -0.1) is 0 Å². The summed E-state index contributed by atoms with van der Waals surface area (Å²) in [6.45, 7) is 2.05. The van der Waals surface area contributed by atoms with Crippen molar-refractivity contribution >= 4 is 5.91 Å². The zero-order chi connectivity index (χ0) is 13.6. The molecule has 5 unspecified atom stereocenters. The van der Waals surface area contributed by atoms with Crippen LogP contribution in [0.15, 0.2) is 0 Å². The largest absolute Gasteiger partial charge is 0.353 e. The first-order valence-electron chi connectivity index (χ1n) is 7.63. The molecule has 108 valence electrons. The van der Waals surface area contributed by atoms with E-state index in [0.29, 0.717) is 12.3 Å². The molecule has 0 radical (unpaired) electrons. The molecule has 3 aliphatic rings. The third-order valence-corrected chi connectivity index (χ3v) is 5.58. The van der Waals surface area contributed by atoms with Crippen molar-refractivity contribution in [1.82, 2.24) is 5.32 Å². The summed E-state index contributed by atoms with van der Waals surface area (Å²) in [5.74, 6) is -1.07. The van der Waals surface area contributed by atoms with E-state index in [0.717, 1.165) is 11.8 Å². The van der Waals surface area contributed by atoms with Crippen molar-refractivity contribution in [3.8, 4) is 0 Å². The maximum Gasteiger partial charge on any atom is 0.248 e. The number of hydrogen-bond acceptors (Lipinski definition) is 1. The highest BCUT2D eigenvalue weighted by Gasteiger charge is 2.45. The molecule has 0 aromatic rings. The first-order chi connectivity index (χ1) is 8.94. The van der Waals surface area contributed by atoms with Crippen LogP contribution in [-0.2, 0) is 4.79 Å². The number of fused-ring (bicyclic) bond motifs is 2. The van der Waals surface area contributed by atoms with Gasteiger partial charge in [0.1, 0.15) is 0 Å². The van der Waals surface area contributed by atoms with E-state index >= 15 is 0 Å². The third-order valence-electron chi connectivity index (χ3n) is 5.58. The predicted molar refractivity (Wildman–Crippen MR) is 68.8 cm³/mol. The fourth-order valence-electron chi connectivity index (χ4n) is 4.53. The Morgan fingerprint density at radius 1 is 1.26 bits per heavy atom. The second-order valence-electron chi connectivity index (χ2n) is 6.93. The number of halogens is 2. The van der Waals surface area contributed by atoms with Crippen molar-refractivity contribution in [3.63, 3.8) is 0 Å². The quantitative estimate of drug-likeness (QED) is 0.838. The van der Waals surface area contributed by atoms with E-state index in [-0.39, 0.29) is 24.8 Å². The first kappa shape index (κ1) is 13.3. The molecular formula is C15H23F2NO. The van der Waals surface area contributed by atoms with E-state index in [9.17, 15) is 13.6 Å². The van der Waals surface area contributed by atoms with Crippen LogP contribution in [0.5, 0.6) is 0 Å². The van der Waals surface area contributed by atoms with Gasteiger partial charge in [0.15, 0.2) is 0 Å². The zero-order valence-electron chi connectivity index (χ0n) is 11.5. The fourth-order valence-corrected chi connectivity index (χ4v) is 4.53. The minimum absolute atomic E-state index is 0.131. The number of alkyl halides is 2. The third kappa shape index (κ3) is 2.63. The van der Waals surface area contributed by atoms with E-state index in [1.54, 1.807) is 0 Å². The SMILES string of the molecule is CC(NC(=O)C1CCC(F)(F)C1)C1CC2CCC1C2. The smallest absolute Gasteiger partial charge is 0.248 e. The highest BCUT2D eigenvalue weighted by molar-refractivity contribution is 5.79. The molecule has 3 fully saturated rings. The van der Waals surface area contributed by atoms with Crippen LogP contribution in [0.25, 0.3) is 0 Å². The lowest BCUT2D eigenvalue weighted by atomic mass is 9.84. The fraction of sp³-hybridized carbons (Fsp3) is 0.933. The summed E-state index contributed by atoms with van der Waals surface area (Å²) in [5.41, 5.74) is 0. The van der Waals surface area contributed by atoms with E-state index < -0.39 is 11.8 Å². The molecule has 2 nitrogen and oxygen atoms in total. The molecule has 0 aromatic heterocycles. The van der Waals surface area contributed by atoms with Crippen LogP contribution in [-0.4, -0.2) is 17.9 Å². The van der Waals surface area contributed by atoms with Crippen LogP contribution in [0.1, 0.15) is 51.9 Å². The Bertz CT molecular complexity index is 371. The van der Waals surface area contributed by atoms with Gasteiger partial charge in [0.05, 0.1) is 0 Å². The van der Waals surface area contributed by atoms with Gasteiger partial charge >= 0.3 is 0 Å². The molecule has 0 saturated heterocycles. The van der Waals surface area contributed by atoms with E-state index in [1.165, 1.54) is 25.7 Å². The van der Waals surface area contributed by atoms with E-state index in [2.05, 4.69) is 12.2 Å². The maximum atomic E-state index is 13.1. The van der Waals surface area contributed by atoms with Crippen molar-refractivity contribution in [1.29, 1.82) is 0 Å². The van der Waals surface area contributed by atoms with E-state index in [4.69, 9.17) is 0 Å². The summed E-state index contributed by atoms with van der Waals surface area (Å²) < 4.78 is 26.3. The van der Waals surface area contributed by atoms with Gasteiger partial charge in [0.25, 0.3) is 0 Å². The molecule has 3 rings (SSSR count). The van der Waals surface area contributed by atoms with E-state index in [1.807, 2.05) is 0 Å². The molecule has 4 heteroatoms. The van der Waals surface area contributed by atoms with Crippen molar-refractivity contribution in [2.24, 2.45) is 23.7 Å². The number of hydrogen-bond donors (Lipinski definition) is 1. The number of carbonyl (C=O) groups is 1. The van der Waals surface area contributed by atoms with Gasteiger partial charge < -0.3 is 5.32 Å². The number of carbonyl (C=O) groups excluding carboxylic acids is 1. The molecule has 3 aliphatic carbocycles. The monoisotopic (exact) mass is 271 g/mol. The minimum Gasteiger partial charge on any atom is -0.353 e. The molecule has 0 spiro atoms. The number of rotatable bonds is 3. The number of nitrogens with one attached hydrogen (secondary N) is 1. The minimum atomic E-state index is -2.63. The molecule has 5 atom stereocenters. The average Bonchev–Trinajstić information content (AvgIpc) is 3.02. The molecule has 0 aromatic carbocycles. The summed E-state index contributed by atoms with van der Waals surface area (Å²) in [6, 6.07) is 0.150. The van der Waals surface area contributed by atoms with Gasteiger partial charge in [-0.25, -0.2) is 8.78 Å². The van der Waals surface area contributed by atoms with Gasteiger partial charge in [-0.3, -0.25) is 4.79 Å². The van der Waals surface area contributed by atoms with Gasteiger partial charge in [-0.1, -0.05) is 6.42 Å². The average molecular weight is 271 g/mol. The van der Waals surface area contributed by atoms with Crippen molar-refractivity contribution in [2.75, 3.05) is 0 Å². The highest BCUT2D eigenvalue weighted by atomic mass is 19.3. The Balaban J connectivity index is 1.52. The Kier molecular flexibility index (Phi) is 3.30. The second-order valence-corrected chi connectivity index (χ2v) is 6.93. The van der Waals surface area contributed by atoms with Crippen molar-refractivity contribution in [3.05, 3.63) is 0 Å². The van der Waals surface area contributed by atoms with Crippen molar-refractivity contribution in [2.45, 2.75) is 63.8 Å². The van der Waals surface area contributed by atoms with Gasteiger partial charge in [0, 0.05) is 24.8 Å². The number of amides is 1. The van der Waals surface area contributed by atoms with Crippen LogP contribution >= 0.6 is 0 Å². The second kappa shape index (κ2) is 4.71. The standard InChI is InChI=1S/C15H23F2NO/c1-9(13-7-10-2-3-11(13)6-10)18-14(19)12-4-5-15(16,17)8-12/h9-13H,2-8H2,1H3,(H,18,19). The van der Waals surface area contributed by atoms with Gasteiger partial charge in [-0.05, 0) is 50.4 Å². The summed E-state index contributed by atoms with van der Waals surface area (Å²) in [4.78, 5) is 12.1. The van der Waals surface area contributed by atoms with Crippen molar-refractivity contribution < 1.29 is 13.6 Å².